The summed E-state index contributed by atoms with van der Waals surface area (Å²) < 4.78 is 27.8. The van der Waals surface area contributed by atoms with Crippen molar-refractivity contribution in [2.24, 2.45) is 4.99 Å². The Morgan fingerprint density at radius 2 is 2.19 bits per heavy atom. The fourth-order valence-corrected chi connectivity index (χ4v) is 3.77. The zero-order chi connectivity index (χ0) is 19.2. The summed E-state index contributed by atoms with van der Waals surface area (Å²) in [6.45, 7) is 2.26. The van der Waals surface area contributed by atoms with Crippen molar-refractivity contribution in [3.05, 3.63) is 23.2 Å². The number of hydrogen-bond donors (Lipinski definition) is 2. The molecule has 1 saturated heterocycles. The van der Waals surface area contributed by atoms with Gasteiger partial charge in [-0.1, -0.05) is 11.6 Å². The molecule has 1 aromatic rings. The van der Waals surface area contributed by atoms with Crippen molar-refractivity contribution < 1.29 is 13.2 Å². The third-order valence-electron chi connectivity index (χ3n) is 4.22. The number of nitrogens with zero attached hydrogens (tertiary/aromatic N) is 2. The lowest BCUT2D eigenvalue weighted by molar-refractivity contribution is 0.415. The molecule has 0 bridgehead atoms. The molecule has 2 N–H and O–H groups in total. The molecule has 0 spiro atoms. The molecule has 7 nitrogen and oxygen atoms in total. The van der Waals surface area contributed by atoms with Gasteiger partial charge in [0.25, 0.3) is 0 Å². The molecular weight excluding hydrogens is 503 g/mol. The molecule has 1 atom stereocenters. The Kier molecular flexibility index (Phi) is 9.96. The molecule has 2 rings (SSSR count). The molecule has 1 unspecified atom stereocenters. The van der Waals surface area contributed by atoms with Crippen LogP contribution < -0.4 is 20.3 Å². The quantitative estimate of drug-likeness (QED) is 0.243. The second kappa shape index (κ2) is 11.2. The van der Waals surface area contributed by atoms with Crippen molar-refractivity contribution in [2.75, 3.05) is 50.7 Å². The van der Waals surface area contributed by atoms with Gasteiger partial charge < -0.3 is 20.3 Å². The third kappa shape index (κ3) is 7.90. The van der Waals surface area contributed by atoms with Gasteiger partial charge in [0.2, 0.25) is 0 Å². The number of benzene rings is 1. The van der Waals surface area contributed by atoms with E-state index in [0.717, 1.165) is 30.9 Å². The fraction of sp³-hybridized carbons (Fsp3) is 0.588. The Morgan fingerprint density at radius 3 is 2.81 bits per heavy atom. The minimum atomic E-state index is -2.93. The molecule has 0 aliphatic carbocycles. The number of anilines is 1. The Labute approximate surface area is 183 Å². The van der Waals surface area contributed by atoms with Crippen molar-refractivity contribution >= 4 is 57.1 Å². The van der Waals surface area contributed by atoms with Crippen LogP contribution in [0.5, 0.6) is 5.75 Å². The summed E-state index contributed by atoms with van der Waals surface area (Å²) in [7, 11) is 0.432. The van der Waals surface area contributed by atoms with E-state index in [1.54, 1.807) is 14.2 Å². The summed E-state index contributed by atoms with van der Waals surface area (Å²) in [5, 5.41) is 7.24. The number of aliphatic imine (C=N–C) groups is 1. The summed E-state index contributed by atoms with van der Waals surface area (Å²) in [6.07, 6.45) is 2.76. The lowest BCUT2D eigenvalue weighted by Gasteiger charge is -2.22. The Bertz CT molecular complexity index is 746. The summed E-state index contributed by atoms with van der Waals surface area (Å²) in [5.41, 5.74) is 0.986. The molecule has 1 aromatic carbocycles. The van der Waals surface area contributed by atoms with Gasteiger partial charge in [-0.05, 0) is 31.0 Å². The van der Waals surface area contributed by atoms with Crippen LogP contribution in [0.3, 0.4) is 0 Å². The molecule has 0 saturated carbocycles. The van der Waals surface area contributed by atoms with Crippen LogP contribution in [-0.2, 0) is 9.84 Å². The van der Waals surface area contributed by atoms with E-state index >= 15 is 0 Å². The highest BCUT2D eigenvalue weighted by Gasteiger charge is 2.25. The number of methoxy groups -OCH3 is 1. The van der Waals surface area contributed by atoms with Crippen LogP contribution in [0.4, 0.5) is 5.69 Å². The van der Waals surface area contributed by atoms with E-state index in [4.69, 9.17) is 16.3 Å². The molecule has 0 aromatic heterocycles. The van der Waals surface area contributed by atoms with E-state index in [1.807, 2.05) is 18.2 Å². The van der Waals surface area contributed by atoms with Gasteiger partial charge in [0.15, 0.2) is 5.96 Å². The monoisotopic (exact) mass is 530 g/mol. The number of nitrogens with one attached hydrogen (secondary N) is 2. The average Bonchev–Trinajstić information content (AvgIpc) is 3.05. The first kappa shape index (κ1) is 24.1. The van der Waals surface area contributed by atoms with Crippen molar-refractivity contribution in [3.8, 4) is 5.75 Å². The first-order chi connectivity index (χ1) is 12.3. The second-order valence-electron chi connectivity index (χ2n) is 6.37. The molecule has 0 amide bonds. The number of hydrogen-bond acceptors (Lipinski definition) is 5. The summed E-state index contributed by atoms with van der Waals surface area (Å²) in [5.74, 6) is 1.66. The van der Waals surface area contributed by atoms with Gasteiger partial charge in [0.1, 0.15) is 15.6 Å². The van der Waals surface area contributed by atoms with E-state index in [2.05, 4.69) is 20.5 Å². The second-order valence-corrected chi connectivity index (χ2v) is 9.07. The van der Waals surface area contributed by atoms with Crippen LogP contribution in [0, 0.1) is 0 Å². The predicted octanol–water partition coefficient (Wildman–Crippen LogP) is 2.15. The standard InChI is InChI=1S/C17H27ClN4O3S.HI/c1-19-17(20-8-4-10-26(3,23)24)21-14-7-9-22(12-14)15-11-13(18)5-6-16(15)25-2;/h5-6,11,14H,4,7-10,12H2,1-3H3,(H2,19,20,21);1H. The zero-order valence-electron chi connectivity index (χ0n) is 15.9. The minimum absolute atomic E-state index is 0. The van der Waals surface area contributed by atoms with E-state index in [9.17, 15) is 8.42 Å². The molecule has 1 fully saturated rings. The number of guanidine groups is 1. The largest absolute Gasteiger partial charge is 0.495 e. The smallest absolute Gasteiger partial charge is 0.191 e. The zero-order valence-corrected chi connectivity index (χ0v) is 19.8. The number of halogens is 2. The molecule has 0 radical (unpaired) electrons. The lowest BCUT2D eigenvalue weighted by Crippen LogP contribution is -2.45. The highest BCUT2D eigenvalue weighted by atomic mass is 127. The SMILES string of the molecule is CN=C(NCCCS(C)(=O)=O)NC1CCN(c2cc(Cl)ccc2OC)C1.I. The normalized spacial score (nSPS) is 17.4. The summed E-state index contributed by atoms with van der Waals surface area (Å²) in [4.78, 5) is 6.45. The third-order valence-corrected chi connectivity index (χ3v) is 5.48. The number of ether oxygens (including phenoxy) is 1. The van der Waals surface area contributed by atoms with Gasteiger partial charge in [-0.2, -0.15) is 0 Å². The summed E-state index contributed by atoms with van der Waals surface area (Å²) >= 11 is 6.13. The van der Waals surface area contributed by atoms with Crippen LogP contribution in [0.1, 0.15) is 12.8 Å². The molecular formula is C17H28ClIN4O3S. The van der Waals surface area contributed by atoms with Gasteiger partial charge in [-0.25, -0.2) is 8.42 Å². The molecule has 154 valence electrons. The average molecular weight is 531 g/mol. The molecule has 1 aliphatic heterocycles. The van der Waals surface area contributed by atoms with Gasteiger partial charge in [-0.3, -0.25) is 4.99 Å². The van der Waals surface area contributed by atoms with Crippen molar-refractivity contribution in [2.45, 2.75) is 18.9 Å². The van der Waals surface area contributed by atoms with Crippen LogP contribution in [-0.4, -0.2) is 66.2 Å². The molecule has 1 aliphatic rings. The maximum Gasteiger partial charge on any atom is 0.191 e. The van der Waals surface area contributed by atoms with Gasteiger partial charge in [-0.15, -0.1) is 24.0 Å². The first-order valence-electron chi connectivity index (χ1n) is 8.56. The van der Waals surface area contributed by atoms with E-state index in [0.29, 0.717) is 23.9 Å². The Morgan fingerprint density at radius 1 is 1.44 bits per heavy atom. The van der Waals surface area contributed by atoms with E-state index < -0.39 is 9.84 Å². The van der Waals surface area contributed by atoms with Crippen molar-refractivity contribution in [3.63, 3.8) is 0 Å². The van der Waals surface area contributed by atoms with Crippen molar-refractivity contribution in [1.29, 1.82) is 0 Å². The minimum Gasteiger partial charge on any atom is -0.495 e. The maximum atomic E-state index is 11.2. The molecule has 10 heteroatoms. The number of rotatable bonds is 7. The molecule has 27 heavy (non-hydrogen) atoms. The van der Waals surface area contributed by atoms with Gasteiger partial charge >= 0.3 is 0 Å². The lowest BCUT2D eigenvalue weighted by atomic mass is 10.2. The maximum absolute atomic E-state index is 11.2. The summed E-state index contributed by atoms with van der Waals surface area (Å²) in [6, 6.07) is 5.85. The highest BCUT2D eigenvalue weighted by Crippen LogP contribution is 2.33. The van der Waals surface area contributed by atoms with E-state index in [-0.39, 0.29) is 35.8 Å². The van der Waals surface area contributed by atoms with Gasteiger partial charge in [0, 0.05) is 44.0 Å². The van der Waals surface area contributed by atoms with Gasteiger partial charge in [0.05, 0.1) is 18.6 Å². The Hall–Kier alpha value is -0.940. The van der Waals surface area contributed by atoms with E-state index in [1.165, 1.54) is 6.26 Å². The predicted molar refractivity (Wildman–Crippen MR) is 123 cm³/mol. The molecule has 1 heterocycles. The van der Waals surface area contributed by atoms with Crippen molar-refractivity contribution in [1.82, 2.24) is 10.6 Å². The first-order valence-corrected chi connectivity index (χ1v) is 11.0. The Balaban J connectivity index is 0.00000364. The number of sulfone groups is 1. The van der Waals surface area contributed by atoms with Crippen LogP contribution in [0.15, 0.2) is 23.2 Å². The topological polar surface area (TPSA) is 83.0 Å². The fourth-order valence-electron chi connectivity index (χ4n) is 2.94. The van der Waals surface area contributed by atoms with Crippen LogP contribution in [0.2, 0.25) is 5.02 Å². The van der Waals surface area contributed by atoms with Crippen LogP contribution >= 0.6 is 35.6 Å². The van der Waals surface area contributed by atoms with Crippen LogP contribution in [0.25, 0.3) is 0 Å². The highest BCUT2D eigenvalue weighted by molar-refractivity contribution is 14.0.